The molecule has 3 N–H and O–H groups in total. The first-order valence-electron chi connectivity index (χ1n) is 4.87. The van der Waals surface area contributed by atoms with Crippen LogP contribution in [0.25, 0.3) is 0 Å². The van der Waals surface area contributed by atoms with Gasteiger partial charge in [0, 0.05) is 10.7 Å². The zero-order valence-electron chi connectivity index (χ0n) is 9.11. The number of hydrogen-bond acceptors (Lipinski definition) is 3. The molecule has 0 aliphatic carbocycles. The molecule has 1 unspecified atom stereocenters. The number of anilines is 1. The number of aliphatic carboxylic acids is 2. The Bertz CT molecular complexity index is 447. The molecule has 1 rings (SSSR count). The Kier molecular flexibility index (Phi) is 4.34. The van der Waals surface area contributed by atoms with Gasteiger partial charge in [0.05, 0.1) is 6.42 Å². The molecule has 1 aromatic carbocycles. The zero-order chi connectivity index (χ0) is 13.0. The molecule has 17 heavy (non-hydrogen) atoms. The highest BCUT2D eigenvalue weighted by Crippen LogP contribution is 2.20. The van der Waals surface area contributed by atoms with E-state index in [9.17, 15) is 9.59 Å². The van der Waals surface area contributed by atoms with Crippen molar-refractivity contribution in [3.63, 3.8) is 0 Å². The summed E-state index contributed by atoms with van der Waals surface area (Å²) in [6.45, 7) is 1.82. The van der Waals surface area contributed by atoms with E-state index >= 15 is 0 Å². The van der Waals surface area contributed by atoms with E-state index in [2.05, 4.69) is 5.32 Å². The van der Waals surface area contributed by atoms with Crippen LogP contribution in [0, 0.1) is 6.92 Å². The van der Waals surface area contributed by atoms with Crippen LogP contribution in [0.15, 0.2) is 18.2 Å². The highest BCUT2D eigenvalue weighted by atomic mass is 35.5. The Balaban J connectivity index is 2.82. The largest absolute Gasteiger partial charge is 0.481 e. The second-order valence-electron chi connectivity index (χ2n) is 3.60. The highest BCUT2D eigenvalue weighted by Gasteiger charge is 2.20. The van der Waals surface area contributed by atoms with E-state index in [4.69, 9.17) is 21.8 Å². The molecule has 0 saturated carbocycles. The maximum Gasteiger partial charge on any atom is 0.326 e. The number of aryl methyl sites for hydroxylation is 1. The molecule has 0 aliphatic heterocycles. The number of nitrogens with one attached hydrogen (secondary N) is 1. The van der Waals surface area contributed by atoms with E-state index in [-0.39, 0.29) is 0 Å². The Morgan fingerprint density at radius 3 is 2.53 bits per heavy atom. The van der Waals surface area contributed by atoms with Crippen LogP contribution in [0.2, 0.25) is 5.02 Å². The van der Waals surface area contributed by atoms with Gasteiger partial charge in [0.25, 0.3) is 0 Å². The fourth-order valence-corrected chi connectivity index (χ4v) is 1.44. The second-order valence-corrected chi connectivity index (χ2v) is 4.00. The average molecular weight is 258 g/mol. The van der Waals surface area contributed by atoms with Crippen molar-refractivity contribution in [1.82, 2.24) is 0 Å². The van der Waals surface area contributed by atoms with Gasteiger partial charge in [-0.05, 0) is 24.6 Å². The lowest BCUT2D eigenvalue weighted by Crippen LogP contribution is -2.31. The highest BCUT2D eigenvalue weighted by molar-refractivity contribution is 6.31. The SMILES string of the molecule is Cc1ccc(NC(CC(=O)O)C(=O)O)cc1Cl. The topological polar surface area (TPSA) is 86.6 Å². The smallest absolute Gasteiger partial charge is 0.326 e. The molecular weight excluding hydrogens is 246 g/mol. The molecule has 0 radical (unpaired) electrons. The van der Waals surface area contributed by atoms with Crippen LogP contribution in [-0.2, 0) is 9.59 Å². The zero-order valence-corrected chi connectivity index (χ0v) is 9.86. The Morgan fingerprint density at radius 1 is 1.41 bits per heavy atom. The molecule has 0 fully saturated rings. The van der Waals surface area contributed by atoms with Gasteiger partial charge in [-0.1, -0.05) is 17.7 Å². The maximum absolute atomic E-state index is 10.8. The van der Waals surface area contributed by atoms with Gasteiger partial charge in [0.1, 0.15) is 6.04 Å². The molecule has 0 aliphatic rings. The van der Waals surface area contributed by atoms with Crippen LogP contribution in [0.4, 0.5) is 5.69 Å². The van der Waals surface area contributed by atoms with Crippen LogP contribution in [-0.4, -0.2) is 28.2 Å². The lowest BCUT2D eigenvalue weighted by molar-refractivity contribution is -0.144. The standard InChI is InChI=1S/C11H12ClNO4/c1-6-2-3-7(4-8(6)12)13-9(11(16)17)5-10(14)15/h2-4,9,13H,5H2,1H3,(H,14,15)(H,16,17). The summed E-state index contributed by atoms with van der Waals surface area (Å²) in [7, 11) is 0. The van der Waals surface area contributed by atoms with E-state index in [1.807, 2.05) is 6.92 Å². The van der Waals surface area contributed by atoms with Crippen LogP contribution in [0.1, 0.15) is 12.0 Å². The number of carbonyl (C=O) groups is 2. The van der Waals surface area contributed by atoms with Crippen LogP contribution < -0.4 is 5.32 Å². The van der Waals surface area contributed by atoms with E-state index in [0.29, 0.717) is 10.7 Å². The predicted octanol–water partition coefficient (Wildman–Crippen LogP) is 1.99. The first kappa shape index (κ1) is 13.3. The lowest BCUT2D eigenvalue weighted by Gasteiger charge is -2.14. The number of benzene rings is 1. The third kappa shape index (κ3) is 3.96. The summed E-state index contributed by atoms with van der Waals surface area (Å²) in [4.78, 5) is 21.3. The van der Waals surface area contributed by atoms with Crippen LogP contribution in [0.3, 0.4) is 0 Å². The van der Waals surface area contributed by atoms with Crippen molar-refractivity contribution in [3.05, 3.63) is 28.8 Å². The molecule has 0 heterocycles. The third-order valence-electron chi connectivity index (χ3n) is 2.19. The van der Waals surface area contributed by atoms with Gasteiger partial charge in [-0.2, -0.15) is 0 Å². The van der Waals surface area contributed by atoms with Crippen LogP contribution >= 0.6 is 11.6 Å². The first-order chi connectivity index (χ1) is 7.90. The summed E-state index contributed by atoms with van der Waals surface area (Å²) >= 11 is 5.88. The van der Waals surface area contributed by atoms with E-state index in [0.717, 1.165) is 5.56 Å². The molecule has 0 aromatic heterocycles. The van der Waals surface area contributed by atoms with Crippen molar-refractivity contribution in [2.45, 2.75) is 19.4 Å². The van der Waals surface area contributed by atoms with Crippen molar-refractivity contribution in [2.75, 3.05) is 5.32 Å². The van der Waals surface area contributed by atoms with Gasteiger partial charge in [-0.3, -0.25) is 4.79 Å². The third-order valence-corrected chi connectivity index (χ3v) is 2.60. The second kappa shape index (κ2) is 5.54. The number of carboxylic acids is 2. The summed E-state index contributed by atoms with van der Waals surface area (Å²) in [5.74, 6) is -2.40. The number of hydrogen-bond donors (Lipinski definition) is 3. The minimum absolute atomic E-state index is 0.481. The fourth-order valence-electron chi connectivity index (χ4n) is 1.26. The van der Waals surface area contributed by atoms with Gasteiger partial charge in [-0.25, -0.2) is 4.79 Å². The molecule has 1 atom stereocenters. The summed E-state index contributed by atoms with van der Waals surface area (Å²) in [6, 6.07) is 3.77. The maximum atomic E-state index is 10.8. The Labute approximate surface area is 103 Å². The van der Waals surface area contributed by atoms with Crippen molar-refractivity contribution < 1.29 is 19.8 Å². The Morgan fingerprint density at radius 2 is 2.06 bits per heavy atom. The number of rotatable bonds is 5. The molecule has 92 valence electrons. The quantitative estimate of drug-likeness (QED) is 0.751. The van der Waals surface area contributed by atoms with E-state index in [1.165, 1.54) is 0 Å². The average Bonchev–Trinajstić information content (AvgIpc) is 2.21. The van der Waals surface area contributed by atoms with Gasteiger partial charge >= 0.3 is 11.9 Å². The minimum Gasteiger partial charge on any atom is -0.481 e. The van der Waals surface area contributed by atoms with Crippen molar-refractivity contribution in [2.24, 2.45) is 0 Å². The summed E-state index contributed by atoms with van der Waals surface area (Å²) in [5, 5.41) is 20.5. The molecule has 0 bridgehead atoms. The molecule has 0 amide bonds. The fraction of sp³-hybridized carbons (Fsp3) is 0.273. The number of carboxylic acid groups (broad SMARTS) is 2. The molecular formula is C11H12ClNO4. The summed E-state index contributed by atoms with van der Waals surface area (Å²) in [5.41, 5.74) is 1.34. The monoisotopic (exact) mass is 257 g/mol. The van der Waals surface area contributed by atoms with Crippen molar-refractivity contribution in [1.29, 1.82) is 0 Å². The number of halogens is 1. The van der Waals surface area contributed by atoms with Gasteiger partial charge in [0.15, 0.2) is 0 Å². The molecule has 5 nitrogen and oxygen atoms in total. The van der Waals surface area contributed by atoms with Crippen molar-refractivity contribution in [3.8, 4) is 0 Å². The van der Waals surface area contributed by atoms with Gasteiger partial charge in [-0.15, -0.1) is 0 Å². The lowest BCUT2D eigenvalue weighted by atomic mass is 10.1. The minimum atomic E-state index is -1.22. The summed E-state index contributed by atoms with van der Waals surface area (Å²) < 4.78 is 0. The predicted molar refractivity (Wildman–Crippen MR) is 63.5 cm³/mol. The molecule has 0 saturated heterocycles. The van der Waals surface area contributed by atoms with Crippen LogP contribution in [0.5, 0.6) is 0 Å². The van der Waals surface area contributed by atoms with Gasteiger partial charge in [0.2, 0.25) is 0 Å². The van der Waals surface area contributed by atoms with Gasteiger partial charge < -0.3 is 15.5 Å². The molecule has 1 aromatic rings. The molecule has 6 heteroatoms. The first-order valence-corrected chi connectivity index (χ1v) is 5.25. The molecule has 0 spiro atoms. The van der Waals surface area contributed by atoms with E-state index in [1.54, 1.807) is 18.2 Å². The Hall–Kier alpha value is -1.75. The summed E-state index contributed by atoms with van der Waals surface area (Å²) in [6.07, 6.45) is -0.499. The van der Waals surface area contributed by atoms with Crippen molar-refractivity contribution >= 4 is 29.2 Å². The van der Waals surface area contributed by atoms with E-state index < -0.39 is 24.4 Å². The normalized spacial score (nSPS) is 11.9.